The number of anilines is 1. The van der Waals surface area contributed by atoms with Crippen LogP contribution in [-0.2, 0) is 19.1 Å². The first-order valence-electron chi connectivity index (χ1n) is 8.09. The second-order valence-electron chi connectivity index (χ2n) is 5.25. The molecule has 1 amide bonds. The molecule has 8 heteroatoms. The molecule has 0 aliphatic carbocycles. The zero-order chi connectivity index (χ0) is 19.6. The Morgan fingerprint density at radius 1 is 1.00 bits per heavy atom. The molecule has 0 heterocycles. The number of esters is 2. The fraction of sp³-hybridized carbons (Fsp3) is 0.211. The minimum atomic E-state index is -0.692. The van der Waals surface area contributed by atoms with Gasteiger partial charge in [0.05, 0.1) is 12.2 Å². The third-order valence-corrected chi connectivity index (χ3v) is 3.43. The maximum atomic E-state index is 11.8. The average Bonchev–Trinajstić information content (AvgIpc) is 2.65. The van der Waals surface area contributed by atoms with Gasteiger partial charge in [0.2, 0.25) is 0 Å². The molecule has 0 saturated carbocycles. The van der Waals surface area contributed by atoms with Crippen LogP contribution in [0.1, 0.15) is 17.3 Å². The SMILES string of the molecule is CCOC(=O)c1ccc(NC(=O)COC(=O)COc2cccc(Cl)c2)cc1. The molecular formula is C19H18ClNO6. The van der Waals surface area contributed by atoms with E-state index in [9.17, 15) is 14.4 Å². The molecule has 2 aromatic rings. The summed E-state index contributed by atoms with van der Waals surface area (Å²) in [6.07, 6.45) is 0. The number of ether oxygens (including phenoxy) is 3. The van der Waals surface area contributed by atoms with Crippen LogP contribution in [0.5, 0.6) is 5.75 Å². The highest BCUT2D eigenvalue weighted by Gasteiger charge is 2.10. The first kappa shape index (κ1) is 20.3. The van der Waals surface area contributed by atoms with Gasteiger partial charge in [-0.1, -0.05) is 17.7 Å². The number of nitrogens with one attached hydrogen (secondary N) is 1. The molecule has 2 rings (SSSR count). The van der Waals surface area contributed by atoms with Gasteiger partial charge < -0.3 is 19.5 Å². The quantitative estimate of drug-likeness (QED) is 0.695. The molecule has 0 bridgehead atoms. The summed E-state index contributed by atoms with van der Waals surface area (Å²) in [6.45, 7) is 1.19. The number of hydrogen-bond donors (Lipinski definition) is 1. The molecule has 27 heavy (non-hydrogen) atoms. The first-order chi connectivity index (χ1) is 13.0. The Morgan fingerprint density at radius 3 is 2.41 bits per heavy atom. The number of carbonyl (C=O) groups excluding carboxylic acids is 3. The van der Waals surface area contributed by atoms with E-state index in [1.54, 1.807) is 43.3 Å². The van der Waals surface area contributed by atoms with Crippen molar-refractivity contribution in [2.45, 2.75) is 6.92 Å². The Hall–Kier alpha value is -3.06. The summed E-state index contributed by atoms with van der Waals surface area (Å²) in [7, 11) is 0. The molecule has 2 aromatic carbocycles. The molecule has 0 aliphatic heterocycles. The van der Waals surface area contributed by atoms with E-state index in [1.807, 2.05) is 0 Å². The molecule has 142 valence electrons. The maximum absolute atomic E-state index is 11.8. The molecule has 0 unspecified atom stereocenters. The van der Waals surface area contributed by atoms with Crippen molar-refractivity contribution in [3.8, 4) is 5.75 Å². The highest BCUT2D eigenvalue weighted by Crippen LogP contribution is 2.17. The smallest absolute Gasteiger partial charge is 0.344 e. The van der Waals surface area contributed by atoms with Crippen LogP contribution in [0.4, 0.5) is 5.69 Å². The minimum Gasteiger partial charge on any atom is -0.482 e. The second-order valence-corrected chi connectivity index (χ2v) is 5.69. The second kappa shape index (κ2) is 10.2. The van der Waals surface area contributed by atoms with Crippen molar-refractivity contribution < 1.29 is 28.6 Å². The molecule has 0 fully saturated rings. The number of hydrogen-bond acceptors (Lipinski definition) is 6. The molecule has 0 radical (unpaired) electrons. The van der Waals surface area contributed by atoms with Crippen LogP contribution < -0.4 is 10.1 Å². The lowest BCUT2D eigenvalue weighted by atomic mass is 10.2. The normalized spacial score (nSPS) is 10.0. The molecular weight excluding hydrogens is 374 g/mol. The number of halogens is 1. The van der Waals surface area contributed by atoms with Gasteiger partial charge in [0.25, 0.3) is 5.91 Å². The van der Waals surface area contributed by atoms with Gasteiger partial charge in [0.15, 0.2) is 13.2 Å². The fourth-order valence-electron chi connectivity index (χ4n) is 1.99. The van der Waals surface area contributed by atoms with E-state index in [4.69, 9.17) is 25.8 Å². The molecule has 7 nitrogen and oxygen atoms in total. The third-order valence-electron chi connectivity index (χ3n) is 3.20. The van der Waals surface area contributed by atoms with Crippen molar-refractivity contribution in [3.05, 3.63) is 59.1 Å². The van der Waals surface area contributed by atoms with Gasteiger partial charge in [-0.3, -0.25) is 4.79 Å². The number of benzene rings is 2. The van der Waals surface area contributed by atoms with Gasteiger partial charge in [0.1, 0.15) is 5.75 Å². The van der Waals surface area contributed by atoms with E-state index in [0.29, 0.717) is 22.0 Å². The fourth-order valence-corrected chi connectivity index (χ4v) is 2.17. The zero-order valence-electron chi connectivity index (χ0n) is 14.6. The molecule has 0 spiro atoms. The Kier molecular flexibility index (Phi) is 7.63. The lowest BCUT2D eigenvalue weighted by Crippen LogP contribution is -2.23. The highest BCUT2D eigenvalue weighted by molar-refractivity contribution is 6.30. The lowest BCUT2D eigenvalue weighted by Gasteiger charge is -2.08. The van der Waals surface area contributed by atoms with Crippen molar-refractivity contribution in [1.29, 1.82) is 0 Å². The molecule has 0 aromatic heterocycles. The van der Waals surface area contributed by atoms with Crippen molar-refractivity contribution in [2.75, 3.05) is 25.1 Å². The lowest BCUT2D eigenvalue weighted by molar-refractivity contribution is -0.149. The molecule has 0 saturated heterocycles. The van der Waals surface area contributed by atoms with Gasteiger partial charge in [-0.25, -0.2) is 9.59 Å². The van der Waals surface area contributed by atoms with Crippen LogP contribution in [-0.4, -0.2) is 37.7 Å². The van der Waals surface area contributed by atoms with E-state index >= 15 is 0 Å². The largest absolute Gasteiger partial charge is 0.482 e. The minimum absolute atomic E-state index is 0.281. The van der Waals surface area contributed by atoms with Crippen LogP contribution in [0.25, 0.3) is 0 Å². The van der Waals surface area contributed by atoms with Crippen LogP contribution >= 0.6 is 11.6 Å². The number of rotatable bonds is 8. The topological polar surface area (TPSA) is 90.9 Å². The van der Waals surface area contributed by atoms with Crippen LogP contribution in [0.3, 0.4) is 0 Å². The standard InChI is InChI=1S/C19H18ClNO6/c1-2-25-19(24)13-6-8-15(9-7-13)21-17(22)11-27-18(23)12-26-16-5-3-4-14(20)10-16/h3-10H,2,11-12H2,1H3,(H,21,22). The highest BCUT2D eigenvalue weighted by atomic mass is 35.5. The zero-order valence-corrected chi connectivity index (χ0v) is 15.3. The van der Waals surface area contributed by atoms with Crippen molar-refractivity contribution in [3.63, 3.8) is 0 Å². The summed E-state index contributed by atoms with van der Waals surface area (Å²) in [5, 5.41) is 3.03. The number of carbonyl (C=O) groups is 3. The van der Waals surface area contributed by atoms with Crippen LogP contribution in [0.2, 0.25) is 5.02 Å². The Labute approximate surface area is 161 Å². The summed E-state index contributed by atoms with van der Waals surface area (Å²) in [4.78, 5) is 35.0. The Bertz CT molecular complexity index is 806. The van der Waals surface area contributed by atoms with E-state index in [-0.39, 0.29) is 13.2 Å². The van der Waals surface area contributed by atoms with Gasteiger partial charge in [-0.2, -0.15) is 0 Å². The van der Waals surface area contributed by atoms with Crippen molar-refractivity contribution >= 4 is 35.1 Å². The number of amides is 1. The summed E-state index contributed by atoms with van der Waals surface area (Å²) in [6, 6.07) is 12.7. The van der Waals surface area contributed by atoms with E-state index in [2.05, 4.69) is 5.32 Å². The van der Waals surface area contributed by atoms with E-state index in [1.165, 1.54) is 12.1 Å². The van der Waals surface area contributed by atoms with Crippen LogP contribution in [0, 0.1) is 0 Å². The third kappa shape index (κ3) is 6.99. The maximum Gasteiger partial charge on any atom is 0.344 e. The molecule has 1 N–H and O–H groups in total. The summed E-state index contributed by atoms with van der Waals surface area (Å²) < 4.78 is 14.9. The Balaban J connectivity index is 1.73. The van der Waals surface area contributed by atoms with Gasteiger partial charge in [-0.15, -0.1) is 0 Å². The summed E-state index contributed by atoms with van der Waals surface area (Å²) >= 11 is 5.81. The Morgan fingerprint density at radius 2 is 1.74 bits per heavy atom. The first-order valence-corrected chi connectivity index (χ1v) is 8.46. The van der Waals surface area contributed by atoms with E-state index < -0.39 is 24.5 Å². The predicted molar refractivity (Wildman–Crippen MR) is 98.9 cm³/mol. The van der Waals surface area contributed by atoms with Crippen LogP contribution in [0.15, 0.2) is 48.5 Å². The predicted octanol–water partition coefficient (Wildman–Crippen LogP) is 3.08. The average molecular weight is 392 g/mol. The van der Waals surface area contributed by atoms with Gasteiger partial charge in [-0.05, 0) is 49.4 Å². The summed E-state index contributed by atoms with van der Waals surface area (Å²) in [5.74, 6) is -1.23. The van der Waals surface area contributed by atoms with Crippen molar-refractivity contribution in [1.82, 2.24) is 0 Å². The van der Waals surface area contributed by atoms with Gasteiger partial charge >= 0.3 is 11.9 Å². The molecule has 0 atom stereocenters. The van der Waals surface area contributed by atoms with Crippen molar-refractivity contribution in [2.24, 2.45) is 0 Å². The monoisotopic (exact) mass is 391 g/mol. The molecule has 0 aliphatic rings. The van der Waals surface area contributed by atoms with Gasteiger partial charge in [0, 0.05) is 10.7 Å². The summed E-state index contributed by atoms with van der Waals surface area (Å²) in [5.41, 5.74) is 0.832. The van der Waals surface area contributed by atoms with E-state index in [0.717, 1.165) is 0 Å².